The Labute approximate surface area is 174 Å². The van der Waals surface area contributed by atoms with Crippen molar-refractivity contribution in [2.45, 2.75) is 6.54 Å². The second kappa shape index (κ2) is 8.63. The highest BCUT2D eigenvalue weighted by Gasteiger charge is 2.14. The Morgan fingerprint density at radius 1 is 1.21 bits per heavy atom. The van der Waals surface area contributed by atoms with Crippen molar-refractivity contribution < 1.29 is 9.47 Å². The normalized spacial score (nSPS) is 15.1. The molecule has 0 spiro atoms. The lowest BCUT2D eigenvalue weighted by Gasteiger charge is -2.18. The number of aromatic nitrogens is 2. The van der Waals surface area contributed by atoms with Crippen molar-refractivity contribution in [3.05, 3.63) is 47.2 Å². The second-order valence-corrected chi connectivity index (χ2v) is 7.24. The zero-order valence-electron chi connectivity index (χ0n) is 16.4. The molecule has 1 aliphatic rings. The second-order valence-electron chi connectivity index (χ2n) is 6.80. The minimum atomic E-state index is 0.453. The number of anilines is 2. The first-order chi connectivity index (χ1) is 14.1. The average Bonchev–Trinajstić information content (AvgIpc) is 2.72. The van der Waals surface area contributed by atoms with E-state index in [0.29, 0.717) is 35.5 Å². The fourth-order valence-electron chi connectivity index (χ4n) is 3.22. The molecule has 3 aromatic rings. The van der Waals surface area contributed by atoms with Crippen LogP contribution in [-0.4, -0.2) is 54.9 Å². The van der Waals surface area contributed by atoms with E-state index in [1.54, 1.807) is 7.11 Å². The van der Waals surface area contributed by atoms with Gasteiger partial charge in [-0.15, -0.1) is 0 Å². The van der Waals surface area contributed by atoms with Crippen LogP contribution in [0.1, 0.15) is 5.56 Å². The van der Waals surface area contributed by atoms with Crippen LogP contribution in [0.5, 0.6) is 11.5 Å². The van der Waals surface area contributed by atoms with Crippen LogP contribution in [0.15, 0.2) is 41.7 Å². The van der Waals surface area contributed by atoms with Crippen LogP contribution in [0.3, 0.4) is 0 Å². The highest BCUT2D eigenvalue weighted by molar-refractivity contribution is 6.30. The van der Waals surface area contributed by atoms with Gasteiger partial charge in [0.15, 0.2) is 11.5 Å². The van der Waals surface area contributed by atoms with E-state index < -0.39 is 0 Å². The number of aliphatic imine (C=N–C) groups is 1. The summed E-state index contributed by atoms with van der Waals surface area (Å²) in [5, 5.41) is 4.92. The van der Waals surface area contributed by atoms with Gasteiger partial charge in [0, 0.05) is 41.5 Å². The van der Waals surface area contributed by atoms with Crippen molar-refractivity contribution in [2.75, 3.05) is 39.2 Å². The minimum Gasteiger partial charge on any atom is -0.493 e. The van der Waals surface area contributed by atoms with E-state index in [2.05, 4.69) is 32.2 Å². The number of ether oxygens (including phenoxy) is 2. The molecule has 150 valence electrons. The number of nitrogens with zero attached hydrogens (tertiary/aromatic N) is 4. The maximum absolute atomic E-state index is 6.27. The Kier molecular flexibility index (Phi) is 5.78. The monoisotopic (exact) mass is 411 g/mol. The van der Waals surface area contributed by atoms with Crippen LogP contribution in [0.2, 0.25) is 5.02 Å². The van der Waals surface area contributed by atoms with Crippen LogP contribution in [0.25, 0.3) is 10.9 Å². The summed E-state index contributed by atoms with van der Waals surface area (Å²) in [6, 6.07) is 9.58. The van der Waals surface area contributed by atoms with Crippen molar-refractivity contribution in [2.24, 2.45) is 4.99 Å². The molecule has 2 heterocycles. The van der Waals surface area contributed by atoms with Gasteiger partial charge in [-0.1, -0.05) is 17.7 Å². The zero-order chi connectivity index (χ0) is 20.2. The molecule has 0 amide bonds. The molecule has 1 aliphatic heterocycles. The average molecular weight is 412 g/mol. The molecule has 0 fully saturated rings. The van der Waals surface area contributed by atoms with Gasteiger partial charge in [0.25, 0.3) is 0 Å². The van der Waals surface area contributed by atoms with Crippen molar-refractivity contribution in [3.63, 3.8) is 0 Å². The Hall–Kier alpha value is -2.90. The van der Waals surface area contributed by atoms with Gasteiger partial charge in [-0.05, 0) is 30.8 Å². The molecule has 0 aliphatic carbocycles. The van der Waals surface area contributed by atoms with Crippen LogP contribution in [0, 0.1) is 0 Å². The minimum absolute atomic E-state index is 0.453. The summed E-state index contributed by atoms with van der Waals surface area (Å²) >= 11 is 6.27. The molecule has 0 saturated heterocycles. The van der Waals surface area contributed by atoms with Crippen LogP contribution in [-0.2, 0) is 6.54 Å². The first-order valence-electron chi connectivity index (χ1n) is 9.32. The van der Waals surface area contributed by atoms with Gasteiger partial charge in [0.05, 0.1) is 19.2 Å². The van der Waals surface area contributed by atoms with E-state index in [4.69, 9.17) is 21.1 Å². The third kappa shape index (κ3) is 4.41. The number of halogens is 1. The maximum Gasteiger partial charge on any atom is 0.162 e. The molecule has 2 aromatic carbocycles. The van der Waals surface area contributed by atoms with Crippen LogP contribution >= 0.6 is 11.6 Å². The summed E-state index contributed by atoms with van der Waals surface area (Å²) in [6.45, 7) is 2.49. The Bertz CT molecular complexity index is 1060. The zero-order valence-corrected chi connectivity index (χ0v) is 17.1. The number of hydrogen-bond donors (Lipinski definition) is 1. The Balaban J connectivity index is 1.84. The topological polar surface area (TPSA) is 71.9 Å². The Morgan fingerprint density at radius 3 is 2.97 bits per heavy atom. The number of benzene rings is 2. The number of methoxy groups -OCH3 is 1. The molecule has 7 nitrogen and oxygen atoms in total. The smallest absolute Gasteiger partial charge is 0.162 e. The predicted octanol–water partition coefficient (Wildman–Crippen LogP) is 3.93. The largest absolute Gasteiger partial charge is 0.493 e. The molecule has 2 bridgehead atoms. The molecule has 0 radical (unpaired) electrons. The van der Waals surface area contributed by atoms with Gasteiger partial charge in [0.1, 0.15) is 18.8 Å². The number of hydrogen-bond acceptors (Lipinski definition) is 7. The maximum atomic E-state index is 6.27. The first kappa shape index (κ1) is 19.4. The Morgan fingerprint density at radius 2 is 2.10 bits per heavy atom. The molecular weight excluding hydrogens is 390 g/mol. The van der Waals surface area contributed by atoms with Crippen molar-refractivity contribution in [3.8, 4) is 11.5 Å². The lowest BCUT2D eigenvalue weighted by molar-refractivity contribution is 0.303. The molecule has 0 saturated carbocycles. The molecule has 1 aromatic heterocycles. The molecule has 0 atom stereocenters. The summed E-state index contributed by atoms with van der Waals surface area (Å²) in [6.07, 6.45) is 3.44. The summed E-state index contributed by atoms with van der Waals surface area (Å²) in [4.78, 5) is 15.5. The van der Waals surface area contributed by atoms with E-state index in [-0.39, 0.29) is 0 Å². The summed E-state index contributed by atoms with van der Waals surface area (Å²) in [5.74, 6) is 1.93. The fraction of sp³-hybridized carbons (Fsp3) is 0.286. The number of rotatable bonds is 1. The van der Waals surface area contributed by atoms with Gasteiger partial charge in [-0.3, -0.25) is 9.89 Å². The SMILES string of the molecule is COc1cc2ncnc3c2cc1OCCN=CCN(C)Cc1ccc(Cl)cc1N3. The van der Waals surface area contributed by atoms with Gasteiger partial charge >= 0.3 is 0 Å². The third-order valence-corrected chi connectivity index (χ3v) is 4.92. The molecule has 4 rings (SSSR count). The van der Waals surface area contributed by atoms with E-state index in [1.807, 2.05) is 36.5 Å². The summed E-state index contributed by atoms with van der Waals surface area (Å²) in [7, 11) is 3.67. The lowest BCUT2D eigenvalue weighted by Crippen LogP contribution is -2.21. The predicted molar refractivity (Wildman–Crippen MR) is 116 cm³/mol. The van der Waals surface area contributed by atoms with Crippen molar-refractivity contribution in [1.82, 2.24) is 14.9 Å². The standard InChI is InChI=1S/C21H22ClN5O2/c1-27-7-5-23-6-8-29-20-10-16-18(11-19(20)28-2)24-13-25-21(16)26-17-9-15(22)4-3-14(17)12-27/h3-5,9-11,13H,6-8,12H2,1-2H3,(H,24,25,26). The summed E-state index contributed by atoms with van der Waals surface area (Å²) in [5.41, 5.74) is 2.76. The van der Waals surface area contributed by atoms with Gasteiger partial charge in [0.2, 0.25) is 0 Å². The fourth-order valence-corrected chi connectivity index (χ4v) is 3.39. The van der Waals surface area contributed by atoms with Gasteiger partial charge in [-0.2, -0.15) is 0 Å². The number of fused-ring (bicyclic) bond motifs is 2. The summed E-state index contributed by atoms with van der Waals surface area (Å²) < 4.78 is 11.4. The van der Waals surface area contributed by atoms with Gasteiger partial charge < -0.3 is 14.8 Å². The molecule has 29 heavy (non-hydrogen) atoms. The van der Waals surface area contributed by atoms with Crippen LogP contribution in [0.4, 0.5) is 11.5 Å². The van der Waals surface area contributed by atoms with Crippen molar-refractivity contribution >= 4 is 40.2 Å². The number of nitrogens with one attached hydrogen (secondary N) is 1. The van der Waals surface area contributed by atoms with E-state index in [9.17, 15) is 0 Å². The highest BCUT2D eigenvalue weighted by atomic mass is 35.5. The van der Waals surface area contributed by atoms with E-state index >= 15 is 0 Å². The third-order valence-electron chi connectivity index (χ3n) is 4.69. The van der Waals surface area contributed by atoms with Crippen molar-refractivity contribution in [1.29, 1.82) is 0 Å². The quantitative estimate of drug-likeness (QED) is 0.654. The van der Waals surface area contributed by atoms with E-state index in [0.717, 1.165) is 35.2 Å². The highest BCUT2D eigenvalue weighted by Crippen LogP contribution is 2.35. The first-order valence-corrected chi connectivity index (χ1v) is 9.69. The molecule has 8 heteroatoms. The van der Waals surface area contributed by atoms with Crippen LogP contribution < -0.4 is 14.8 Å². The molecular formula is C21H22ClN5O2. The lowest BCUT2D eigenvalue weighted by atomic mass is 10.1. The molecule has 0 unspecified atom stereocenters. The van der Waals surface area contributed by atoms with Gasteiger partial charge in [-0.25, -0.2) is 9.97 Å². The molecule has 1 N–H and O–H groups in total. The van der Waals surface area contributed by atoms with E-state index in [1.165, 1.54) is 6.33 Å².